The summed E-state index contributed by atoms with van der Waals surface area (Å²) in [5.41, 5.74) is 1.30. The Labute approximate surface area is 160 Å². The molecule has 1 aromatic heterocycles. The second-order valence-electron chi connectivity index (χ2n) is 8.76. The van der Waals surface area contributed by atoms with Crippen LogP contribution < -0.4 is 10.1 Å². The van der Waals surface area contributed by atoms with Crippen LogP contribution in [0.1, 0.15) is 59.2 Å². The Balaban J connectivity index is 2.11. The van der Waals surface area contributed by atoms with Gasteiger partial charge < -0.3 is 10.1 Å². The van der Waals surface area contributed by atoms with E-state index in [-0.39, 0.29) is 29.0 Å². The van der Waals surface area contributed by atoms with Crippen LogP contribution in [-0.4, -0.2) is 22.8 Å². The van der Waals surface area contributed by atoms with Crippen LogP contribution in [0.5, 0.6) is 5.75 Å². The molecule has 0 saturated carbocycles. The van der Waals surface area contributed by atoms with E-state index in [0.29, 0.717) is 12.2 Å². The molecular weight excluding hydrogens is 345 g/mol. The van der Waals surface area contributed by atoms with Crippen LogP contribution in [0.3, 0.4) is 0 Å². The molecule has 0 unspecified atom stereocenters. The highest BCUT2D eigenvalue weighted by molar-refractivity contribution is 5.90. The van der Waals surface area contributed by atoms with Crippen LogP contribution in [0, 0.1) is 5.82 Å². The van der Waals surface area contributed by atoms with E-state index >= 15 is 0 Å². The summed E-state index contributed by atoms with van der Waals surface area (Å²) in [5.74, 6) is 0.332. The number of hydrogen-bond donors (Lipinski definition) is 1. The highest BCUT2D eigenvalue weighted by atomic mass is 19.1. The second kappa shape index (κ2) is 7.71. The number of nitrogens with one attached hydrogen (secondary N) is 1. The lowest BCUT2D eigenvalue weighted by Gasteiger charge is -2.23. The number of amides is 1. The number of aryl methyl sites for hydroxylation is 1. The first-order valence-electron chi connectivity index (χ1n) is 9.15. The van der Waals surface area contributed by atoms with Crippen molar-refractivity contribution in [3.05, 3.63) is 41.3 Å². The first-order chi connectivity index (χ1) is 12.4. The van der Waals surface area contributed by atoms with Gasteiger partial charge in [-0.3, -0.25) is 4.79 Å². The topological polar surface area (TPSA) is 56.1 Å². The van der Waals surface area contributed by atoms with Crippen molar-refractivity contribution >= 4 is 11.7 Å². The molecule has 148 valence electrons. The lowest BCUT2D eigenvalue weighted by Crippen LogP contribution is -2.27. The Morgan fingerprint density at radius 3 is 2.37 bits per heavy atom. The van der Waals surface area contributed by atoms with Gasteiger partial charge in [0.2, 0.25) is 5.91 Å². The summed E-state index contributed by atoms with van der Waals surface area (Å²) in [6.45, 7) is 12.4. The molecule has 0 aliphatic rings. The summed E-state index contributed by atoms with van der Waals surface area (Å²) in [6, 6.07) is 6.68. The lowest BCUT2D eigenvalue weighted by atomic mass is 9.92. The molecule has 1 amide bonds. The number of methoxy groups -OCH3 is 1. The summed E-state index contributed by atoms with van der Waals surface area (Å²) in [5, 5.41) is 7.65. The first-order valence-corrected chi connectivity index (χ1v) is 9.15. The normalized spacial score (nSPS) is 12.1. The van der Waals surface area contributed by atoms with E-state index in [1.54, 1.807) is 12.1 Å². The third-order valence-corrected chi connectivity index (χ3v) is 4.24. The van der Waals surface area contributed by atoms with Gasteiger partial charge in [-0.1, -0.05) is 26.8 Å². The van der Waals surface area contributed by atoms with Crippen LogP contribution >= 0.6 is 0 Å². The van der Waals surface area contributed by atoms with Crippen LogP contribution in [0.25, 0.3) is 0 Å². The number of halogens is 1. The zero-order valence-corrected chi connectivity index (χ0v) is 17.3. The van der Waals surface area contributed by atoms with E-state index in [1.807, 2.05) is 31.5 Å². The number of carbonyl (C=O) groups is 1. The van der Waals surface area contributed by atoms with Gasteiger partial charge in [-0.25, -0.2) is 9.07 Å². The number of aromatic nitrogens is 2. The van der Waals surface area contributed by atoms with E-state index in [9.17, 15) is 9.18 Å². The van der Waals surface area contributed by atoms with Crippen molar-refractivity contribution in [1.29, 1.82) is 0 Å². The van der Waals surface area contributed by atoms with Crippen LogP contribution in [0.2, 0.25) is 0 Å². The van der Waals surface area contributed by atoms with E-state index in [1.165, 1.54) is 13.2 Å². The fourth-order valence-electron chi connectivity index (χ4n) is 2.68. The maximum absolute atomic E-state index is 13.8. The number of rotatable bonds is 5. The fraction of sp³-hybridized carbons (Fsp3) is 0.524. The van der Waals surface area contributed by atoms with E-state index in [4.69, 9.17) is 9.84 Å². The summed E-state index contributed by atoms with van der Waals surface area (Å²) in [7, 11) is 1.43. The standard InChI is InChI=1S/C21H30FN3O2/c1-20(2,3)17-13-18(25(24-17)21(4,5)6)23-19(26)11-9-14-8-10-16(27-7)15(22)12-14/h8,10,12-13H,9,11H2,1-7H3,(H,23,26). The minimum absolute atomic E-state index is 0.114. The van der Waals surface area contributed by atoms with Gasteiger partial charge >= 0.3 is 0 Å². The van der Waals surface area contributed by atoms with Gasteiger partial charge in [0.15, 0.2) is 11.6 Å². The van der Waals surface area contributed by atoms with Crippen molar-refractivity contribution < 1.29 is 13.9 Å². The summed E-state index contributed by atoms with van der Waals surface area (Å²) in [6.07, 6.45) is 0.703. The van der Waals surface area contributed by atoms with Gasteiger partial charge in [0, 0.05) is 17.9 Å². The largest absolute Gasteiger partial charge is 0.494 e. The number of ether oxygens (including phenoxy) is 1. The van der Waals surface area contributed by atoms with E-state index in [0.717, 1.165) is 11.3 Å². The van der Waals surface area contributed by atoms with Gasteiger partial charge in [0.05, 0.1) is 18.3 Å². The number of nitrogens with zero attached hydrogens (tertiary/aromatic N) is 2. The maximum Gasteiger partial charge on any atom is 0.225 e. The Kier molecular flexibility index (Phi) is 5.97. The van der Waals surface area contributed by atoms with Gasteiger partial charge in [-0.05, 0) is 44.9 Å². The van der Waals surface area contributed by atoms with Crippen molar-refractivity contribution in [2.45, 2.75) is 65.3 Å². The first kappa shape index (κ1) is 20.9. The zero-order chi connectivity index (χ0) is 20.4. The molecule has 0 aliphatic carbocycles. The molecule has 2 aromatic rings. The van der Waals surface area contributed by atoms with Crippen molar-refractivity contribution in [2.75, 3.05) is 12.4 Å². The molecule has 6 heteroatoms. The summed E-state index contributed by atoms with van der Waals surface area (Å²) < 4.78 is 20.5. The Hall–Kier alpha value is -2.37. The van der Waals surface area contributed by atoms with Crippen LogP contribution in [-0.2, 0) is 22.2 Å². The van der Waals surface area contributed by atoms with Crippen LogP contribution in [0.15, 0.2) is 24.3 Å². The molecule has 2 rings (SSSR count). The third-order valence-electron chi connectivity index (χ3n) is 4.24. The molecular formula is C21H30FN3O2. The Bertz CT molecular complexity index is 814. The van der Waals surface area contributed by atoms with Gasteiger partial charge in [0.25, 0.3) is 0 Å². The second-order valence-corrected chi connectivity index (χ2v) is 8.76. The highest BCUT2D eigenvalue weighted by Crippen LogP contribution is 2.28. The van der Waals surface area contributed by atoms with Crippen LogP contribution in [0.4, 0.5) is 10.2 Å². The maximum atomic E-state index is 13.8. The molecule has 0 spiro atoms. The smallest absolute Gasteiger partial charge is 0.225 e. The minimum atomic E-state index is -0.420. The minimum Gasteiger partial charge on any atom is -0.494 e. The Morgan fingerprint density at radius 2 is 1.85 bits per heavy atom. The fourth-order valence-corrected chi connectivity index (χ4v) is 2.68. The molecule has 0 atom stereocenters. The zero-order valence-electron chi connectivity index (χ0n) is 17.3. The van der Waals surface area contributed by atoms with Crippen molar-refractivity contribution in [1.82, 2.24) is 9.78 Å². The lowest BCUT2D eigenvalue weighted by molar-refractivity contribution is -0.116. The molecule has 1 heterocycles. The number of hydrogen-bond acceptors (Lipinski definition) is 3. The molecule has 1 aromatic carbocycles. The summed E-state index contributed by atoms with van der Waals surface area (Å²) in [4.78, 5) is 12.5. The van der Waals surface area contributed by atoms with Crippen molar-refractivity contribution in [3.63, 3.8) is 0 Å². The SMILES string of the molecule is COc1ccc(CCC(=O)Nc2cc(C(C)(C)C)nn2C(C)(C)C)cc1F. The van der Waals surface area contributed by atoms with E-state index < -0.39 is 5.82 Å². The Morgan fingerprint density at radius 1 is 1.19 bits per heavy atom. The monoisotopic (exact) mass is 375 g/mol. The van der Waals surface area contributed by atoms with E-state index in [2.05, 4.69) is 26.1 Å². The highest BCUT2D eigenvalue weighted by Gasteiger charge is 2.25. The molecule has 27 heavy (non-hydrogen) atoms. The number of carbonyl (C=O) groups excluding carboxylic acids is 1. The molecule has 1 N–H and O–H groups in total. The number of benzene rings is 1. The van der Waals surface area contributed by atoms with Crippen molar-refractivity contribution in [3.8, 4) is 5.75 Å². The van der Waals surface area contributed by atoms with Crippen molar-refractivity contribution in [2.24, 2.45) is 0 Å². The van der Waals surface area contributed by atoms with Gasteiger partial charge in [-0.2, -0.15) is 5.10 Å². The van der Waals surface area contributed by atoms with Gasteiger partial charge in [-0.15, -0.1) is 0 Å². The third kappa shape index (κ3) is 5.31. The average Bonchev–Trinajstić information content (AvgIpc) is 2.97. The molecule has 0 bridgehead atoms. The quantitative estimate of drug-likeness (QED) is 0.827. The molecule has 0 fully saturated rings. The van der Waals surface area contributed by atoms with Gasteiger partial charge in [0.1, 0.15) is 5.82 Å². The summed E-state index contributed by atoms with van der Waals surface area (Å²) >= 11 is 0. The molecule has 0 radical (unpaired) electrons. The molecule has 5 nitrogen and oxygen atoms in total. The number of anilines is 1. The molecule has 0 aliphatic heterocycles. The average molecular weight is 375 g/mol. The predicted octanol–water partition coefficient (Wildman–Crippen LogP) is 4.65. The molecule has 0 saturated heterocycles. The predicted molar refractivity (Wildman–Crippen MR) is 106 cm³/mol.